The van der Waals surface area contributed by atoms with Crippen molar-refractivity contribution in [2.45, 2.75) is 19.8 Å². The van der Waals surface area contributed by atoms with Gasteiger partial charge in [0, 0.05) is 17.5 Å². The number of hydrogen-bond donors (Lipinski definition) is 0. The van der Waals surface area contributed by atoms with Gasteiger partial charge in [-0.05, 0) is 29.3 Å². The second-order valence-corrected chi connectivity index (χ2v) is 6.51. The van der Waals surface area contributed by atoms with E-state index in [2.05, 4.69) is 89.3 Å². The molecule has 0 aliphatic heterocycles. The van der Waals surface area contributed by atoms with E-state index in [-0.39, 0.29) is 5.92 Å². The summed E-state index contributed by atoms with van der Waals surface area (Å²) in [6, 6.07) is 30.6. The number of benzene rings is 2. The third-order valence-electron chi connectivity index (χ3n) is 4.33. The maximum Gasteiger partial charge on any atom is 0.168 e. The topological polar surface area (TPSA) is 30.7 Å². The molecule has 0 aliphatic carbocycles. The highest BCUT2D eigenvalue weighted by Crippen LogP contribution is 2.29. The summed E-state index contributed by atoms with van der Waals surface area (Å²) >= 11 is 0. The van der Waals surface area contributed by atoms with E-state index in [9.17, 15) is 0 Å². The lowest BCUT2D eigenvalue weighted by Gasteiger charge is -2.12. The Balaban J connectivity index is 1.87. The number of nitrogens with zero attached hydrogens (tertiary/aromatic N) is 3. The zero-order valence-corrected chi connectivity index (χ0v) is 14.8. The van der Waals surface area contributed by atoms with E-state index < -0.39 is 0 Å². The van der Waals surface area contributed by atoms with Crippen molar-refractivity contribution in [3.63, 3.8) is 0 Å². The van der Waals surface area contributed by atoms with Crippen LogP contribution in [0, 0.1) is 12.1 Å². The third kappa shape index (κ3) is 2.98. The Bertz CT molecular complexity index is 1000. The molecule has 0 radical (unpaired) electrons. The molecule has 0 unspecified atom stereocenters. The number of aromatic nitrogens is 3. The van der Waals surface area contributed by atoms with Crippen molar-refractivity contribution in [1.82, 2.24) is 14.8 Å². The van der Waals surface area contributed by atoms with Gasteiger partial charge >= 0.3 is 0 Å². The molecule has 4 aromatic rings. The third-order valence-corrected chi connectivity index (χ3v) is 4.33. The van der Waals surface area contributed by atoms with Gasteiger partial charge in [0.2, 0.25) is 0 Å². The molecule has 0 saturated heterocycles. The smallest absolute Gasteiger partial charge is 0.168 e. The lowest BCUT2D eigenvalue weighted by molar-refractivity contribution is 0.746. The maximum absolute atomic E-state index is 4.51. The van der Waals surface area contributed by atoms with Crippen molar-refractivity contribution in [3.05, 3.63) is 90.8 Å². The molecule has 0 atom stereocenters. The molecule has 0 fully saturated rings. The van der Waals surface area contributed by atoms with Gasteiger partial charge in [-0.3, -0.25) is 4.57 Å². The molecule has 0 N–H and O–H groups in total. The molecule has 1 heterocycles. The summed E-state index contributed by atoms with van der Waals surface area (Å²) in [7, 11) is 0. The first-order chi connectivity index (χ1) is 12.7. The van der Waals surface area contributed by atoms with Crippen LogP contribution >= 0.6 is 0 Å². The molecule has 1 aromatic heterocycles. The minimum absolute atomic E-state index is 0.262. The summed E-state index contributed by atoms with van der Waals surface area (Å²) in [5.74, 6) is 2.04. The van der Waals surface area contributed by atoms with E-state index in [0.29, 0.717) is 0 Å². The first-order valence-electron chi connectivity index (χ1n) is 8.73. The molecule has 126 valence electrons. The van der Waals surface area contributed by atoms with Gasteiger partial charge < -0.3 is 0 Å². The van der Waals surface area contributed by atoms with Gasteiger partial charge in [-0.2, -0.15) is 0 Å². The van der Waals surface area contributed by atoms with Gasteiger partial charge in [0.25, 0.3) is 0 Å². The highest BCUT2D eigenvalue weighted by atomic mass is 15.3. The standard InChI is InChI=1S/C23H19N3/c1-17(2)22-24-25-23(26(22)21-14-7-4-8-15-21)20-13-9-12-19(16-20)18-10-5-3-6-11-18/h3,5-7,9-17H,1-2H3. The van der Waals surface area contributed by atoms with Crippen molar-refractivity contribution >= 4 is 0 Å². The summed E-state index contributed by atoms with van der Waals surface area (Å²) in [6.07, 6.45) is 0. The zero-order chi connectivity index (χ0) is 17.9. The summed E-state index contributed by atoms with van der Waals surface area (Å²) in [6.45, 7) is 4.26. The van der Waals surface area contributed by atoms with Crippen molar-refractivity contribution in [1.29, 1.82) is 0 Å². The molecule has 3 heteroatoms. The molecule has 0 saturated carbocycles. The predicted molar refractivity (Wildman–Crippen MR) is 104 cm³/mol. The Hall–Kier alpha value is -3.38. The van der Waals surface area contributed by atoms with E-state index in [0.717, 1.165) is 28.5 Å². The van der Waals surface area contributed by atoms with Gasteiger partial charge in [-0.25, -0.2) is 0 Å². The van der Waals surface area contributed by atoms with Gasteiger partial charge in [0.15, 0.2) is 5.82 Å². The highest BCUT2D eigenvalue weighted by Gasteiger charge is 2.18. The van der Waals surface area contributed by atoms with Gasteiger partial charge in [-0.1, -0.05) is 74.5 Å². The molecular weight excluding hydrogens is 318 g/mol. The van der Waals surface area contributed by atoms with Crippen molar-refractivity contribution in [2.75, 3.05) is 0 Å². The lowest BCUT2D eigenvalue weighted by atomic mass is 10.0. The van der Waals surface area contributed by atoms with Crippen LogP contribution in [-0.4, -0.2) is 14.8 Å². The fraction of sp³-hybridized carbons (Fsp3) is 0.130. The van der Waals surface area contributed by atoms with E-state index in [1.54, 1.807) is 0 Å². The van der Waals surface area contributed by atoms with E-state index in [1.807, 2.05) is 24.3 Å². The van der Waals surface area contributed by atoms with Gasteiger partial charge in [0.05, 0.1) is 5.69 Å². The second kappa shape index (κ2) is 6.85. The van der Waals surface area contributed by atoms with Crippen molar-refractivity contribution < 1.29 is 0 Å². The minimum Gasteiger partial charge on any atom is -0.278 e. The molecule has 0 spiro atoms. The summed E-state index contributed by atoms with van der Waals surface area (Å²) in [5.41, 5.74) is 4.39. The van der Waals surface area contributed by atoms with Gasteiger partial charge in [0.1, 0.15) is 5.82 Å². The Labute approximate surface area is 154 Å². The quantitative estimate of drug-likeness (QED) is 0.504. The van der Waals surface area contributed by atoms with Crippen LogP contribution in [0.15, 0.2) is 72.8 Å². The van der Waals surface area contributed by atoms with E-state index in [1.165, 1.54) is 5.56 Å². The van der Waals surface area contributed by atoms with Crippen LogP contribution in [-0.2, 0) is 0 Å². The Morgan fingerprint density at radius 1 is 0.808 bits per heavy atom. The Morgan fingerprint density at radius 3 is 2.31 bits per heavy atom. The predicted octanol–water partition coefficient (Wildman–Crippen LogP) is 5.33. The lowest BCUT2D eigenvalue weighted by Crippen LogP contribution is -2.04. The average molecular weight is 337 g/mol. The normalized spacial score (nSPS) is 10.7. The van der Waals surface area contributed by atoms with Crippen LogP contribution in [0.4, 0.5) is 0 Å². The van der Waals surface area contributed by atoms with Crippen LogP contribution < -0.4 is 0 Å². The van der Waals surface area contributed by atoms with Crippen LogP contribution in [0.3, 0.4) is 0 Å². The molecule has 3 nitrogen and oxygen atoms in total. The largest absolute Gasteiger partial charge is 0.278 e. The molecule has 0 bridgehead atoms. The van der Waals surface area contributed by atoms with Crippen LogP contribution in [0.2, 0.25) is 0 Å². The first kappa shape index (κ1) is 16.1. The van der Waals surface area contributed by atoms with Gasteiger partial charge in [-0.15, -0.1) is 10.2 Å². The number of rotatable bonds is 4. The minimum atomic E-state index is 0.262. The molecule has 0 aliphatic rings. The number of hydrogen-bond acceptors (Lipinski definition) is 2. The molecule has 3 aromatic carbocycles. The fourth-order valence-electron chi connectivity index (χ4n) is 3.06. The maximum atomic E-state index is 4.51. The Kier molecular flexibility index (Phi) is 4.25. The fourth-order valence-corrected chi connectivity index (χ4v) is 3.06. The SMILES string of the molecule is CC(C)c1nnc(-c2cccc(-c3ccccc3)c2)n1-c1cc#ccc1. The second-order valence-electron chi connectivity index (χ2n) is 6.51. The summed E-state index contributed by atoms with van der Waals surface area (Å²) < 4.78 is 2.11. The van der Waals surface area contributed by atoms with Crippen molar-refractivity contribution in [3.8, 4) is 28.2 Å². The molecular formula is C23H19N3. The van der Waals surface area contributed by atoms with Crippen LogP contribution in [0.1, 0.15) is 25.6 Å². The van der Waals surface area contributed by atoms with E-state index in [4.69, 9.17) is 0 Å². The highest BCUT2D eigenvalue weighted by molar-refractivity contribution is 5.71. The first-order valence-corrected chi connectivity index (χ1v) is 8.73. The zero-order valence-electron chi connectivity index (χ0n) is 14.8. The van der Waals surface area contributed by atoms with Crippen molar-refractivity contribution in [2.24, 2.45) is 0 Å². The van der Waals surface area contributed by atoms with Crippen LogP contribution in [0.25, 0.3) is 28.2 Å². The molecule has 0 amide bonds. The monoisotopic (exact) mass is 337 g/mol. The summed E-state index contributed by atoms with van der Waals surface area (Å²) in [5, 5.41) is 8.97. The molecule has 4 rings (SSSR count). The molecule has 26 heavy (non-hydrogen) atoms. The van der Waals surface area contributed by atoms with Crippen LogP contribution in [0.5, 0.6) is 0 Å². The average Bonchev–Trinajstić information content (AvgIpc) is 3.15. The summed E-state index contributed by atoms with van der Waals surface area (Å²) in [4.78, 5) is 0. The Morgan fingerprint density at radius 2 is 1.58 bits per heavy atom. The van der Waals surface area contributed by atoms with E-state index >= 15 is 0 Å².